The van der Waals surface area contributed by atoms with Gasteiger partial charge in [-0.25, -0.2) is 0 Å². The highest BCUT2D eigenvalue weighted by Gasteiger charge is 2.64. The van der Waals surface area contributed by atoms with Gasteiger partial charge >= 0.3 is 0 Å². The first-order chi connectivity index (χ1) is 13.1. The van der Waals surface area contributed by atoms with Gasteiger partial charge in [-0.3, -0.25) is 14.6 Å². The summed E-state index contributed by atoms with van der Waals surface area (Å²) in [4.78, 5) is 18.0. The first kappa shape index (κ1) is 15.9. The third kappa shape index (κ3) is 1.89. The minimum atomic E-state index is -0.929. The van der Waals surface area contributed by atoms with Crippen molar-refractivity contribution in [3.8, 4) is 0 Å². The average Bonchev–Trinajstić information content (AvgIpc) is 3.32. The second kappa shape index (κ2) is 5.24. The Morgan fingerprint density at radius 3 is 2.85 bits per heavy atom. The minimum absolute atomic E-state index is 0.0223. The van der Waals surface area contributed by atoms with Crippen molar-refractivity contribution < 1.29 is 9.90 Å². The van der Waals surface area contributed by atoms with E-state index in [1.165, 1.54) is 5.69 Å². The van der Waals surface area contributed by atoms with E-state index in [9.17, 15) is 9.90 Å². The Bertz CT molecular complexity index is 933. The number of hydrogen-bond acceptors (Lipinski definition) is 3. The van der Waals surface area contributed by atoms with Crippen LogP contribution in [0.5, 0.6) is 0 Å². The van der Waals surface area contributed by atoms with Gasteiger partial charge in [0.15, 0.2) is 0 Å². The molecule has 5 nitrogen and oxygen atoms in total. The fraction of sp³-hybridized carbons (Fsp3) is 0.500. The maximum absolute atomic E-state index is 13.5. The Hall–Kier alpha value is -2.11. The zero-order valence-corrected chi connectivity index (χ0v) is 15.6. The van der Waals surface area contributed by atoms with E-state index in [-0.39, 0.29) is 30.1 Å². The first-order valence-corrected chi connectivity index (χ1v) is 10.2. The van der Waals surface area contributed by atoms with Crippen LogP contribution in [0.15, 0.2) is 42.6 Å². The normalized spacial score (nSPS) is 37.3. The van der Waals surface area contributed by atoms with E-state index in [4.69, 9.17) is 0 Å². The molecule has 4 aliphatic heterocycles. The number of hydrogen-bond donors (Lipinski definition) is 1. The maximum Gasteiger partial charge on any atom is 0.245 e. The van der Waals surface area contributed by atoms with E-state index in [2.05, 4.69) is 27.8 Å². The Labute approximate surface area is 159 Å². The molecule has 0 aliphatic carbocycles. The molecular weight excluding hydrogens is 338 g/mol. The van der Waals surface area contributed by atoms with Gasteiger partial charge in [-0.05, 0) is 50.8 Å². The van der Waals surface area contributed by atoms with Crippen LogP contribution in [0.2, 0.25) is 0 Å². The molecule has 5 heterocycles. The Kier molecular flexibility index (Phi) is 3.08. The van der Waals surface area contributed by atoms with Crippen LogP contribution in [0, 0.1) is 5.92 Å². The summed E-state index contributed by atoms with van der Waals surface area (Å²) in [6, 6.07) is 12.4. The molecule has 0 unspecified atom stereocenters. The number of aromatic nitrogens is 1. The van der Waals surface area contributed by atoms with E-state index < -0.39 is 5.60 Å². The van der Waals surface area contributed by atoms with Crippen molar-refractivity contribution in [1.82, 2.24) is 9.47 Å². The smallest absolute Gasteiger partial charge is 0.245 e. The van der Waals surface area contributed by atoms with Gasteiger partial charge in [0.2, 0.25) is 5.91 Å². The molecule has 1 amide bonds. The van der Waals surface area contributed by atoms with E-state index in [0.717, 1.165) is 43.5 Å². The topological polar surface area (TPSA) is 48.7 Å². The summed E-state index contributed by atoms with van der Waals surface area (Å²) >= 11 is 0. The maximum atomic E-state index is 13.5. The molecule has 2 aromatic rings. The molecule has 5 heteroatoms. The lowest BCUT2D eigenvalue weighted by Crippen LogP contribution is -2.52. The third-order valence-corrected chi connectivity index (χ3v) is 7.41. The predicted octanol–water partition coefficient (Wildman–Crippen LogP) is 3.00. The largest absolute Gasteiger partial charge is 0.385 e. The number of benzene rings is 1. The molecule has 140 valence electrons. The second-order valence-electron chi connectivity index (χ2n) is 8.73. The van der Waals surface area contributed by atoms with Crippen molar-refractivity contribution in [1.29, 1.82) is 0 Å². The summed E-state index contributed by atoms with van der Waals surface area (Å²) < 4.78 is 2.36. The lowest BCUT2D eigenvalue weighted by molar-refractivity contribution is -0.120. The number of aliphatic hydroxyl groups is 1. The fourth-order valence-electron chi connectivity index (χ4n) is 6.20. The summed E-state index contributed by atoms with van der Waals surface area (Å²) in [5.74, 6) is 0.242. The van der Waals surface area contributed by atoms with E-state index in [1.54, 1.807) is 0 Å². The van der Waals surface area contributed by atoms with Gasteiger partial charge in [0.1, 0.15) is 0 Å². The van der Waals surface area contributed by atoms with Gasteiger partial charge in [-0.1, -0.05) is 18.2 Å². The number of amides is 1. The van der Waals surface area contributed by atoms with Crippen LogP contribution < -0.4 is 4.90 Å². The highest BCUT2D eigenvalue weighted by molar-refractivity contribution is 6.01. The van der Waals surface area contributed by atoms with Crippen molar-refractivity contribution >= 4 is 11.6 Å². The number of aryl methyl sites for hydroxylation is 1. The second-order valence-corrected chi connectivity index (χ2v) is 8.73. The molecule has 2 saturated heterocycles. The number of carbonyl (C=O) groups excluding carboxylic acids is 1. The summed E-state index contributed by atoms with van der Waals surface area (Å²) in [6.45, 7) is 2.96. The average molecular weight is 363 g/mol. The molecule has 5 atom stereocenters. The highest BCUT2D eigenvalue weighted by Crippen LogP contribution is 2.58. The van der Waals surface area contributed by atoms with Gasteiger partial charge < -0.3 is 9.67 Å². The summed E-state index contributed by atoms with van der Waals surface area (Å²) in [6.07, 6.45) is 6.08. The van der Waals surface area contributed by atoms with Crippen LogP contribution >= 0.6 is 0 Å². The molecule has 0 spiro atoms. The molecule has 4 aliphatic rings. The number of fused-ring (bicyclic) bond motifs is 4. The van der Waals surface area contributed by atoms with Crippen molar-refractivity contribution in [2.24, 2.45) is 5.92 Å². The number of nitrogens with zero attached hydrogens (tertiary/aromatic N) is 3. The summed E-state index contributed by atoms with van der Waals surface area (Å²) in [5, 5.41) is 11.6. The molecule has 0 bridgehead atoms. The SMILES string of the molecule is C[C@]1(O)c2ccccc2N2C(=O)[C@@H]3CCCCn4cccc4[C@@H]4C[C@@H]1[C@@H]2N34. The molecule has 0 radical (unpaired) electrons. The quantitative estimate of drug-likeness (QED) is 0.783. The van der Waals surface area contributed by atoms with Gasteiger partial charge in [-0.2, -0.15) is 0 Å². The van der Waals surface area contributed by atoms with Gasteiger partial charge in [-0.15, -0.1) is 0 Å². The lowest BCUT2D eigenvalue weighted by Gasteiger charge is -2.44. The van der Waals surface area contributed by atoms with Gasteiger partial charge in [0, 0.05) is 29.9 Å². The molecule has 27 heavy (non-hydrogen) atoms. The number of anilines is 1. The Morgan fingerprint density at radius 1 is 1.11 bits per heavy atom. The van der Waals surface area contributed by atoms with Crippen LogP contribution in [0.25, 0.3) is 0 Å². The van der Waals surface area contributed by atoms with Crippen LogP contribution in [-0.4, -0.2) is 32.7 Å². The summed E-state index contributed by atoms with van der Waals surface area (Å²) in [5.41, 5.74) is 2.16. The molecule has 1 aromatic carbocycles. The molecular formula is C22H25N3O2. The Morgan fingerprint density at radius 2 is 1.96 bits per heavy atom. The minimum Gasteiger partial charge on any atom is -0.385 e. The van der Waals surface area contributed by atoms with E-state index in [1.807, 2.05) is 36.1 Å². The zero-order chi connectivity index (χ0) is 18.3. The monoisotopic (exact) mass is 363 g/mol. The Balaban J connectivity index is 1.58. The van der Waals surface area contributed by atoms with Gasteiger partial charge in [0.25, 0.3) is 0 Å². The van der Waals surface area contributed by atoms with Crippen molar-refractivity contribution in [2.75, 3.05) is 4.90 Å². The van der Waals surface area contributed by atoms with Crippen LogP contribution in [0.3, 0.4) is 0 Å². The van der Waals surface area contributed by atoms with Crippen LogP contribution in [-0.2, 0) is 16.9 Å². The lowest BCUT2D eigenvalue weighted by atomic mass is 9.75. The van der Waals surface area contributed by atoms with Crippen LogP contribution in [0.1, 0.15) is 49.9 Å². The van der Waals surface area contributed by atoms with Crippen LogP contribution in [0.4, 0.5) is 5.69 Å². The fourth-order valence-corrected chi connectivity index (χ4v) is 6.20. The molecule has 2 fully saturated rings. The van der Waals surface area contributed by atoms with Crippen molar-refractivity contribution in [2.45, 2.75) is 63.0 Å². The molecule has 1 aromatic heterocycles. The van der Waals surface area contributed by atoms with Crippen molar-refractivity contribution in [3.05, 3.63) is 53.9 Å². The standard InChI is InChI=1S/C22H25N3O2/c1-22(27)14-7-2-3-8-16(14)25-20-15(22)13-19-17-10-6-12-23(17)11-5-4-9-18(21(25)26)24(19)20/h2-3,6-8,10,12,15,18-20,27H,4-5,9,11,13H2,1H3/t15-,18+,19+,20-,22+/m1/s1. The first-order valence-electron chi connectivity index (χ1n) is 10.2. The molecule has 6 rings (SSSR count). The van der Waals surface area contributed by atoms with E-state index >= 15 is 0 Å². The molecule has 0 saturated carbocycles. The zero-order valence-electron chi connectivity index (χ0n) is 15.6. The van der Waals surface area contributed by atoms with Gasteiger partial charge in [0.05, 0.1) is 29.5 Å². The third-order valence-electron chi connectivity index (χ3n) is 7.41. The number of carbonyl (C=O) groups is 1. The van der Waals surface area contributed by atoms with Crippen molar-refractivity contribution in [3.63, 3.8) is 0 Å². The van der Waals surface area contributed by atoms with E-state index in [0.29, 0.717) is 0 Å². The predicted molar refractivity (Wildman–Crippen MR) is 102 cm³/mol. The number of para-hydroxylation sites is 1. The molecule has 1 N–H and O–H groups in total. The number of rotatable bonds is 0. The highest BCUT2D eigenvalue weighted by atomic mass is 16.3. The summed E-state index contributed by atoms with van der Waals surface area (Å²) in [7, 11) is 0.